The van der Waals surface area contributed by atoms with Crippen LogP contribution in [0.2, 0.25) is 0 Å². The van der Waals surface area contributed by atoms with Crippen LogP contribution >= 0.6 is 0 Å². The number of carbonyl (C=O) groups excluding carboxylic acids is 2. The number of aliphatic hydroxyl groups excluding tert-OH is 1. The maximum atomic E-state index is 14.2. The fourth-order valence-electron chi connectivity index (χ4n) is 2.74. The molecule has 0 spiro atoms. The van der Waals surface area contributed by atoms with Gasteiger partial charge in [-0.05, 0) is 48.7 Å². The molecular weight excluding hydrogens is 401 g/mol. The smallest absolute Gasteiger partial charge is 0.276 e. The Morgan fingerprint density at radius 3 is 2.52 bits per heavy atom. The molecule has 2 amide bonds. The molecule has 0 unspecified atom stereocenters. The Morgan fingerprint density at radius 1 is 1.16 bits per heavy atom. The van der Waals surface area contributed by atoms with Crippen LogP contribution in [0, 0.1) is 12.7 Å². The second-order valence-electron chi connectivity index (χ2n) is 6.20. The molecule has 0 saturated carbocycles. The minimum atomic E-state index is -0.537. The minimum Gasteiger partial charge on any atom is -0.396 e. The van der Waals surface area contributed by atoms with Crippen molar-refractivity contribution in [2.45, 2.75) is 47.6 Å². The van der Waals surface area contributed by atoms with E-state index in [2.05, 4.69) is 16.1 Å². The highest BCUT2D eigenvalue weighted by atomic mass is 19.1. The minimum absolute atomic E-state index is 0.0536. The lowest BCUT2D eigenvalue weighted by Crippen LogP contribution is -2.25. The number of carbonyl (C=O) groups is 2. The maximum Gasteiger partial charge on any atom is 0.276 e. The van der Waals surface area contributed by atoms with Crippen LogP contribution in [0.5, 0.6) is 0 Å². The first-order chi connectivity index (χ1) is 15.0. The number of hydrogen-bond acceptors (Lipinski definition) is 5. The normalized spacial score (nSPS) is 11.3. The summed E-state index contributed by atoms with van der Waals surface area (Å²) in [7, 11) is 0. The van der Waals surface area contributed by atoms with Gasteiger partial charge in [-0.2, -0.15) is 0 Å². The molecule has 0 atom stereocenters. The van der Waals surface area contributed by atoms with E-state index in [4.69, 9.17) is 9.94 Å². The van der Waals surface area contributed by atoms with Crippen molar-refractivity contribution in [1.29, 1.82) is 0 Å². The molecule has 0 aliphatic carbocycles. The van der Waals surface area contributed by atoms with Crippen molar-refractivity contribution >= 4 is 23.2 Å². The van der Waals surface area contributed by atoms with E-state index < -0.39 is 11.7 Å². The van der Waals surface area contributed by atoms with E-state index in [0.717, 1.165) is 5.56 Å². The number of aryl methyl sites for hydroxylation is 1. The number of halogens is 1. The van der Waals surface area contributed by atoms with Crippen molar-refractivity contribution in [3.8, 4) is 0 Å². The second kappa shape index (κ2) is 13.4. The van der Waals surface area contributed by atoms with Crippen molar-refractivity contribution in [2.75, 3.05) is 18.5 Å². The lowest BCUT2D eigenvalue weighted by molar-refractivity contribution is 0.0262. The molecule has 0 fully saturated rings. The summed E-state index contributed by atoms with van der Waals surface area (Å²) in [5, 5.41) is 14.3. The number of aliphatic hydroxyl groups is 1. The van der Waals surface area contributed by atoms with Crippen LogP contribution in [0.4, 0.5) is 15.8 Å². The highest BCUT2D eigenvalue weighted by Gasteiger charge is 2.24. The summed E-state index contributed by atoms with van der Waals surface area (Å²) in [4.78, 5) is 29.5. The predicted octanol–water partition coefficient (Wildman–Crippen LogP) is 4.22. The zero-order valence-corrected chi connectivity index (χ0v) is 18.8. The fourth-order valence-corrected chi connectivity index (χ4v) is 2.74. The summed E-state index contributed by atoms with van der Waals surface area (Å²) in [6.07, 6.45) is 0.378. The number of hydroxylamine groups is 1. The third-order valence-electron chi connectivity index (χ3n) is 4.14. The second-order valence-corrected chi connectivity index (χ2v) is 6.20. The first-order valence-corrected chi connectivity index (χ1v) is 10.5. The number of rotatable bonds is 7. The molecule has 1 aliphatic rings. The van der Waals surface area contributed by atoms with Crippen molar-refractivity contribution in [3.63, 3.8) is 0 Å². The van der Waals surface area contributed by atoms with Gasteiger partial charge in [-0.1, -0.05) is 33.8 Å². The first-order valence-electron chi connectivity index (χ1n) is 10.5. The Morgan fingerprint density at radius 2 is 1.87 bits per heavy atom. The van der Waals surface area contributed by atoms with E-state index in [1.165, 1.54) is 12.1 Å². The van der Waals surface area contributed by atoms with Gasteiger partial charge in [0, 0.05) is 18.7 Å². The quantitative estimate of drug-likeness (QED) is 0.387. The Bertz CT molecular complexity index is 887. The Balaban J connectivity index is 0.00000113. The monoisotopic (exact) mass is 433 g/mol. The maximum absolute atomic E-state index is 14.2. The van der Waals surface area contributed by atoms with Crippen LogP contribution in [0.1, 0.15) is 66.0 Å². The number of hydrogen-bond donors (Lipinski definition) is 4. The molecule has 3 rings (SSSR count). The van der Waals surface area contributed by atoms with Crippen LogP contribution in [-0.4, -0.2) is 30.1 Å². The zero-order chi connectivity index (χ0) is 23.4. The zero-order valence-electron chi connectivity index (χ0n) is 18.8. The largest absolute Gasteiger partial charge is 0.396 e. The van der Waals surface area contributed by atoms with Gasteiger partial charge in [0.15, 0.2) is 0 Å². The van der Waals surface area contributed by atoms with Crippen LogP contribution in [-0.2, 0) is 11.4 Å². The molecular formula is C23H32FN3O4. The van der Waals surface area contributed by atoms with Gasteiger partial charge >= 0.3 is 0 Å². The molecule has 31 heavy (non-hydrogen) atoms. The average molecular weight is 434 g/mol. The van der Waals surface area contributed by atoms with Gasteiger partial charge < -0.3 is 15.7 Å². The third-order valence-corrected chi connectivity index (χ3v) is 4.14. The molecule has 8 heteroatoms. The molecule has 0 saturated heterocycles. The molecule has 0 bridgehead atoms. The molecule has 7 nitrogen and oxygen atoms in total. The standard InChI is InChI=1S/C19H20FN3O4.2C2H6/c1-11-3-4-16(15(20)7-11)22-17-9-13-12(10-21-18(13)25)8-14(17)19(26)23-27-6-2-5-24;2*1-2/h3-4,7-9,22,24H,2,5-6,10H2,1H3,(H,21,25)(H,23,26);2*1-2H3. The van der Waals surface area contributed by atoms with Gasteiger partial charge in [-0.3, -0.25) is 14.4 Å². The number of amides is 2. The highest BCUT2D eigenvalue weighted by molar-refractivity contribution is 6.05. The molecule has 2 aromatic carbocycles. The molecule has 0 aromatic heterocycles. The average Bonchev–Trinajstić information content (AvgIpc) is 3.15. The van der Waals surface area contributed by atoms with E-state index in [1.807, 2.05) is 27.7 Å². The summed E-state index contributed by atoms with van der Waals surface area (Å²) in [5.41, 5.74) is 4.87. The van der Waals surface area contributed by atoms with Crippen molar-refractivity contribution in [2.24, 2.45) is 0 Å². The molecule has 2 aromatic rings. The Hall–Kier alpha value is -2.97. The summed E-state index contributed by atoms with van der Waals surface area (Å²) >= 11 is 0. The Labute approximate surface area is 183 Å². The van der Waals surface area contributed by atoms with E-state index in [1.54, 1.807) is 25.1 Å². The summed E-state index contributed by atoms with van der Waals surface area (Å²) < 4.78 is 14.2. The van der Waals surface area contributed by atoms with Crippen LogP contribution < -0.4 is 16.1 Å². The van der Waals surface area contributed by atoms with Crippen molar-refractivity contribution in [1.82, 2.24) is 10.8 Å². The Kier molecular flexibility index (Phi) is 11.2. The predicted molar refractivity (Wildman–Crippen MR) is 120 cm³/mol. The van der Waals surface area contributed by atoms with Crippen LogP contribution in [0.25, 0.3) is 0 Å². The van der Waals surface area contributed by atoms with Crippen LogP contribution in [0.3, 0.4) is 0 Å². The first kappa shape index (κ1) is 26.1. The molecule has 1 heterocycles. The van der Waals surface area contributed by atoms with E-state index >= 15 is 0 Å². The number of fused-ring (bicyclic) bond motifs is 1. The van der Waals surface area contributed by atoms with Gasteiger partial charge in [0.1, 0.15) is 5.82 Å². The van der Waals surface area contributed by atoms with E-state index in [0.29, 0.717) is 24.1 Å². The topological polar surface area (TPSA) is 99.7 Å². The summed E-state index contributed by atoms with van der Waals surface area (Å²) in [6, 6.07) is 7.78. The summed E-state index contributed by atoms with van der Waals surface area (Å²) in [6.45, 7) is 10.2. The highest BCUT2D eigenvalue weighted by Crippen LogP contribution is 2.29. The van der Waals surface area contributed by atoms with Gasteiger partial charge in [0.25, 0.3) is 11.8 Å². The van der Waals surface area contributed by atoms with Crippen molar-refractivity contribution in [3.05, 3.63) is 58.4 Å². The number of benzene rings is 2. The molecule has 1 aliphatic heterocycles. The molecule has 170 valence electrons. The SMILES string of the molecule is CC.CC.Cc1ccc(Nc2cc3c(cc2C(=O)NOCCCO)CNC3=O)c(F)c1. The molecule has 4 N–H and O–H groups in total. The lowest BCUT2D eigenvalue weighted by Gasteiger charge is -2.15. The number of anilines is 2. The van der Waals surface area contributed by atoms with Gasteiger partial charge in [-0.25, -0.2) is 9.87 Å². The van der Waals surface area contributed by atoms with Gasteiger partial charge in [-0.15, -0.1) is 0 Å². The van der Waals surface area contributed by atoms with E-state index in [9.17, 15) is 14.0 Å². The molecule has 0 radical (unpaired) electrons. The van der Waals surface area contributed by atoms with Crippen molar-refractivity contribution < 1.29 is 23.9 Å². The fraction of sp³-hybridized carbons (Fsp3) is 0.391. The van der Waals surface area contributed by atoms with E-state index in [-0.39, 0.29) is 36.1 Å². The van der Waals surface area contributed by atoms with Crippen LogP contribution in [0.15, 0.2) is 30.3 Å². The summed E-state index contributed by atoms with van der Waals surface area (Å²) in [5.74, 6) is -1.25. The van der Waals surface area contributed by atoms with Gasteiger partial charge in [0.05, 0.1) is 23.5 Å². The lowest BCUT2D eigenvalue weighted by atomic mass is 10.0. The third kappa shape index (κ3) is 7.04. The van der Waals surface area contributed by atoms with Gasteiger partial charge in [0.2, 0.25) is 0 Å². The number of nitrogens with one attached hydrogen (secondary N) is 3.